The molecule has 4 rings (SSSR count). The zero-order valence-electron chi connectivity index (χ0n) is 16.6. The second kappa shape index (κ2) is 8.74. The Bertz CT molecular complexity index is 1150. The molecule has 32 heavy (non-hydrogen) atoms. The monoisotopic (exact) mass is 441 g/mol. The minimum atomic E-state index is -1.45. The summed E-state index contributed by atoms with van der Waals surface area (Å²) in [4.78, 5) is 23.6. The molecular weight excluding hydrogens is 423 g/mol. The fourth-order valence-corrected chi connectivity index (χ4v) is 4.00. The van der Waals surface area contributed by atoms with Gasteiger partial charge in [0, 0.05) is 17.5 Å². The third kappa shape index (κ3) is 4.16. The number of carboxylic acids is 1. The van der Waals surface area contributed by atoms with Crippen molar-refractivity contribution in [2.75, 3.05) is 6.61 Å². The van der Waals surface area contributed by atoms with Gasteiger partial charge in [0.2, 0.25) is 0 Å². The minimum Gasteiger partial charge on any atom is -0.481 e. The van der Waals surface area contributed by atoms with E-state index in [9.17, 15) is 22.8 Å². The van der Waals surface area contributed by atoms with Gasteiger partial charge in [0.05, 0.1) is 12.5 Å². The second-order valence-electron chi connectivity index (χ2n) is 7.41. The number of amides is 1. The zero-order valence-corrected chi connectivity index (χ0v) is 16.6. The quantitative estimate of drug-likeness (QED) is 0.519. The Balaban J connectivity index is 1.51. The van der Waals surface area contributed by atoms with E-state index in [2.05, 4.69) is 5.32 Å². The number of carbonyl (C=O) groups excluding carboxylic acids is 1. The molecule has 0 fully saturated rings. The Morgan fingerprint density at radius 3 is 2.06 bits per heavy atom. The van der Waals surface area contributed by atoms with Gasteiger partial charge in [-0.3, -0.25) is 4.79 Å². The van der Waals surface area contributed by atoms with Crippen LogP contribution in [0.15, 0.2) is 60.7 Å². The normalized spacial score (nSPS) is 13.2. The van der Waals surface area contributed by atoms with Crippen molar-refractivity contribution in [3.63, 3.8) is 0 Å². The number of nitrogens with one attached hydrogen (secondary N) is 1. The molecule has 164 valence electrons. The number of carbonyl (C=O) groups is 2. The maximum atomic E-state index is 14.2. The number of carboxylic acid groups (broad SMARTS) is 1. The molecule has 3 aromatic rings. The Morgan fingerprint density at radius 2 is 1.47 bits per heavy atom. The number of hydrogen-bond donors (Lipinski definition) is 2. The zero-order chi connectivity index (χ0) is 22.8. The van der Waals surface area contributed by atoms with Crippen LogP contribution in [0.4, 0.5) is 18.0 Å². The fraction of sp³-hybridized carbons (Fsp3) is 0.167. The highest BCUT2D eigenvalue weighted by molar-refractivity contribution is 5.79. The van der Waals surface area contributed by atoms with Gasteiger partial charge in [0.25, 0.3) is 0 Å². The molecule has 0 saturated heterocycles. The van der Waals surface area contributed by atoms with E-state index in [0.29, 0.717) is 12.1 Å². The van der Waals surface area contributed by atoms with Crippen LogP contribution in [0.2, 0.25) is 0 Å². The highest BCUT2D eigenvalue weighted by atomic mass is 19.2. The van der Waals surface area contributed by atoms with Crippen molar-refractivity contribution in [3.05, 3.63) is 94.8 Å². The van der Waals surface area contributed by atoms with E-state index in [1.807, 2.05) is 48.5 Å². The fourth-order valence-electron chi connectivity index (χ4n) is 4.00. The average molecular weight is 441 g/mol. The van der Waals surface area contributed by atoms with Crippen LogP contribution in [0.1, 0.15) is 35.1 Å². The van der Waals surface area contributed by atoms with Crippen molar-refractivity contribution >= 4 is 12.1 Å². The molecule has 0 aromatic heterocycles. The standard InChI is InChI=1S/C24H18F3NO4/c25-19-10-21(27)20(26)9-17(19)22(11-23(29)30)28-24(31)32-12-18-15-7-3-1-5-13(15)14-6-2-4-8-16(14)18/h1-10,18,22H,11-12H2,(H,28,31)(H,29,30)/t22-/m0/s1. The predicted octanol–water partition coefficient (Wildman–Crippen LogP) is 5.16. The summed E-state index contributed by atoms with van der Waals surface area (Å²) in [5.41, 5.74) is 3.54. The Hall–Kier alpha value is -3.81. The molecule has 5 nitrogen and oxygen atoms in total. The summed E-state index contributed by atoms with van der Waals surface area (Å²) >= 11 is 0. The molecule has 0 spiro atoms. The maximum absolute atomic E-state index is 14.2. The number of fused-ring (bicyclic) bond motifs is 3. The summed E-state index contributed by atoms with van der Waals surface area (Å²) in [6.07, 6.45) is -1.74. The molecule has 1 aliphatic carbocycles. The van der Waals surface area contributed by atoms with Gasteiger partial charge in [-0.2, -0.15) is 0 Å². The van der Waals surface area contributed by atoms with Crippen molar-refractivity contribution in [2.45, 2.75) is 18.4 Å². The molecule has 0 bridgehead atoms. The summed E-state index contributed by atoms with van der Waals surface area (Å²) in [5.74, 6) is -5.54. The molecule has 8 heteroatoms. The predicted molar refractivity (Wildman–Crippen MR) is 110 cm³/mol. The largest absolute Gasteiger partial charge is 0.481 e. The number of rotatable bonds is 6. The number of halogens is 3. The van der Waals surface area contributed by atoms with Crippen molar-refractivity contribution in [1.82, 2.24) is 5.32 Å². The third-order valence-electron chi connectivity index (χ3n) is 5.43. The first-order chi connectivity index (χ1) is 15.3. The average Bonchev–Trinajstić information content (AvgIpc) is 3.08. The van der Waals surface area contributed by atoms with Crippen LogP contribution < -0.4 is 5.32 Å². The molecular formula is C24H18F3NO4. The van der Waals surface area contributed by atoms with Crippen LogP contribution in [0.5, 0.6) is 0 Å². The van der Waals surface area contributed by atoms with Gasteiger partial charge in [0.1, 0.15) is 12.4 Å². The van der Waals surface area contributed by atoms with Crippen molar-refractivity contribution < 1.29 is 32.6 Å². The molecule has 0 unspecified atom stereocenters. The van der Waals surface area contributed by atoms with Crippen LogP contribution in [0.3, 0.4) is 0 Å². The van der Waals surface area contributed by atoms with Crippen LogP contribution in [-0.2, 0) is 9.53 Å². The lowest BCUT2D eigenvalue weighted by Crippen LogP contribution is -2.32. The van der Waals surface area contributed by atoms with Gasteiger partial charge in [0.15, 0.2) is 11.6 Å². The van der Waals surface area contributed by atoms with E-state index < -0.39 is 47.5 Å². The molecule has 0 aliphatic heterocycles. The van der Waals surface area contributed by atoms with Gasteiger partial charge in [-0.1, -0.05) is 48.5 Å². The van der Waals surface area contributed by atoms with Gasteiger partial charge in [-0.05, 0) is 28.3 Å². The van der Waals surface area contributed by atoms with Gasteiger partial charge in [-0.25, -0.2) is 18.0 Å². The lowest BCUT2D eigenvalue weighted by Gasteiger charge is -2.20. The molecule has 2 N–H and O–H groups in total. The topological polar surface area (TPSA) is 75.6 Å². The van der Waals surface area contributed by atoms with E-state index >= 15 is 0 Å². The van der Waals surface area contributed by atoms with Gasteiger partial charge in [-0.15, -0.1) is 0 Å². The second-order valence-corrected chi connectivity index (χ2v) is 7.41. The highest BCUT2D eigenvalue weighted by Gasteiger charge is 2.30. The van der Waals surface area contributed by atoms with E-state index in [0.717, 1.165) is 22.3 Å². The van der Waals surface area contributed by atoms with E-state index in [1.165, 1.54) is 0 Å². The molecule has 0 saturated carbocycles. The first-order valence-corrected chi connectivity index (χ1v) is 9.83. The molecule has 0 heterocycles. The first kappa shape index (κ1) is 21.4. The summed E-state index contributed by atoms with van der Waals surface area (Å²) in [7, 11) is 0. The number of alkyl carbamates (subject to hydrolysis) is 1. The maximum Gasteiger partial charge on any atom is 0.407 e. The van der Waals surface area contributed by atoms with Crippen LogP contribution in [0, 0.1) is 17.5 Å². The molecule has 1 amide bonds. The molecule has 1 atom stereocenters. The van der Waals surface area contributed by atoms with Crippen molar-refractivity contribution in [1.29, 1.82) is 0 Å². The highest BCUT2D eigenvalue weighted by Crippen LogP contribution is 2.44. The molecule has 0 radical (unpaired) electrons. The van der Waals surface area contributed by atoms with E-state index in [4.69, 9.17) is 9.84 Å². The Kier molecular flexibility index (Phi) is 5.85. The van der Waals surface area contributed by atoms with Crippen molar-refractivity contribution in [3.8, 4) is 11.1 Å². The number of benzene rings is 3. The third-order valence-corrected chi connectivity index (χ3v) is 5.43. The number of aliphatic carboxylic acids is 1. The molecule has 3 aromatic carbocycles. The first-order valence-electron chi connectivity index (χ1n) is 9.83. The van der Waals surface area contributed by atoms with Crippen molar-refractivity contribution in [2.24, 2.45) is 0 Å². The number of hydrogen-bond acceptors (Lipinski definition) is 3. The lowest BCUT2D eigenvalue weighted by molar-refractivity contribution is -0.137. The summed E-state index contributed by atoms with van der Waals surface area (Å²) in [6.45, 7) is -0.0418. The van der Waals surface area contributed by atoms with E-state index in [-0.39, 0.29) is 12.5 Å². The summed E-state index contributed by atoms with van der Waals surface area (Å²) in [5, 5.41) is 11.4. The Labute approximate surface area is 181 Å². The van der Waals surface area contributed by atoms with Crippen LogP contribution in [-0.4, -0.2) is 23.8 Å². The van der Waals surface area contributed by atoms with E-state index in [1.54, 1.807) is 0 Å². The van der Waals surface area contributed by atoms with Crippen LogP contribution in [0.25, 0.3) is 11.1 Å². The lowest BCUT2D eigenvalue weighted by atomic mass is 9.98. The minimum absolute atomic E-state index is 0.0418. The SMILES string of the molecule is O=C(O)C[C@H](NC(=O)OCC1c2ccccc2-c2ccccc21)c1cc(F)c(F)cc1F. The Morgan fingerprint density at radius 1 is 0.906 bits per heavy atom. The van der Waals surface area contributed by atoms with Crippen LogP contribution >= 0.6 is 0 Å². The summed E-state index contributed by atoms with van der Waals surface area (Å²) < 4.78 is 46.3. The van der Waals surface area contributed by atoms with Gasteiger partial charge < -0.3 is 15.2 Å². The molecule has 1 aliphatic rings. The number of ether oxygens (including phenoxy) is 1. The smallest absolute Gasteiger partial charge is 0.407 e. The van der Waals surface area contributed by atoms with Gasteiger partial charge >= 0.3 is 12.1 Å². The summed E-state index contributed by atoms with van der Waals surface area (Å²) in [6, 6.07) is 14.8.